The van der Waals surface area contributed by atoms with Crippen LogP contribution in [0.5, 0.6) is 5.75 Å². The molecule has 0 bridgehead atoms. The number of ether oxygens (including phenoxy) is 2. The van der Waals surface area contributed by atoms with Gasteiger partial charge in [-0.15, -0.1) is 0 Å². The van der Waals surface area contributed by atoms with Crippen LogP contribution in [0.25, 0.3) is 0 Å². The van der Waals surface area contributed by atoms with Gasteiger partial charge in [-0.1, -0.05) is 12.1 Å². The molecular weight excluding hydrogens is 356 g/mol. The lowest BCUT2D eigenvalue weighted by atomic mass is 10.1. The number of carbonyl (C=O) groups is 2. The van der Waals surface area contributed by atoms with Crippen molar-refractivity contribution in [3.63, 3.8) is 0 Å². The van der Waals surface area contributed by atoms with Crippen LogP contribution in [0.15, 0.2) is 48.5 Å². The van der Waals surface area contributed by atoms with Crippen molar-refractivity contribution in [2.45, 2.75) is 31.8 Å². The van der Waals surface area contributed by atoms with Crippen molar-refractivity contribution in [3.8, 4) is 5.75 Å². The van der Waals surface area contributed by atoms with Gasteiger partial charge < -0.3 is 20.1 Å². The fourth-order valence-electron chi connectivity index (χ4n) is 3.09. The average molecular weight is 382 g/mol. The molecule has 0 radical (unpaired) electrons. The minimum absolute atomic E-state index is 0.0635. The Balaban J connectivity index is 1.43. The van der Waals surface area contributed by atoms with Gasteiger partial charge in [0.05, 0.1) is 13.2 Å². The molecule has 0 spiro atoms. The molecule has 2 aromatic rings. The fraction of sp³-hybridized carbons (Fsp3) is 0.364. The molecule has 1 aliphatic heterocycles. The van der Waals surface area contributed by atoms with Crippen LogP contribution in [0.4, 0.5) is 5.69 Å². The molecule has 0 saturated carbocycles. The number of methoxy groups -OCH3 is 1. The minimum atomic E-state index is -0.132. The molecular formula is C22H26N2O4. The van der Waals surface area contributed by atoms with E-state index in [1.807, 2.05) is 24.3 Å². The van der Waals surface area contributed by atoms with Gasteiger partial charge in [0.25, 0.3) is 5.91 Å². The van der Waals surface area contributed by atoms with Crippen LogP contribution < -0.4 is 15.4 Å². The number of rotatable bonds is 8. The molecule has 28 heavy (non-hydrogen) atoms. The highest BCUT2D eigenvalue weighted by Gasteiger charge is 2.16. The van der Waals surface area contributed by atoms with E-state index < -0.39 is 0 Å². The van der Waals surface area contributed by atoms with Crippen molar-refractivity contribution in [2.24, 2.45) is 0 Å². The largest absolute Gasteiger partial charge is 0.497 e. The third-order valence-electron chi connectivity index (χ3n) is 4.74. The molecule has 148 valence electrons. The second kappa shape index (κ2) is 9.90. The van der Waals surface area contributed by atoms with Gasteiger partial charge in [0.15, 0.2) is 0 Å². The molecule has 1 fully saturated rings. The van der Waals surface area contributed by atoms with Gasteiger partial charge >= 0.3 is 0 Å². The fourth-order valence-corrected chi connectivity index (χ4v) is 3.09. The van der Waals surface area contributed by atoms with Crippen LogP contribution in [-0.2, 0) is 16.0 Å². The maximum atomic E-state index is 12.2. The van der Waals surface area contributed by atoms with Crippen LogP contribution in [0.2, 0.25) is 0 Å². The lowest BCUT2D eigenvalue weighted by Gasteiger charge is -2.11. The maximum absolute atomic E-state index is 12.2. The highest BCUT2D eigenvalue weighted by atomic mass is 16.5. The van der Waals surface area contributed by atoms with E-state index >= 15 is 0 Å². The quantitative estimate of drug-likeness (QED) is 0.735. The zero-order valence-corrected chi connectivity index (χ0v) is 16.1. The van der Waals surface area contributed by atoms with Gasteiger partial charge in [0.2, 0.25) is 5.91 Å². The summed E-state index contributed by atoms with van der Waals surface area (Å²) in [5.41, 5.74) is 2.32. The lowest BCUT2D eigenvalue weighted by molar-refractivity contribution is -0.116. The molecule has 6 nitrogen and oxygen atoms in total. The third-order valence-corrected chi connectivity index (χ3v) is 4.74. The van der Waals surface area contributed by atoms with Crippen LogP contribution in [0.3, 0.4) is 0 Å². The van der Waals surface area contributed by atoms with Crippen LogP contribution in [-0.4, -0.2) is 38.2 Å². The Morgan fingerprint density at radius 3 is 2.50 bits per heavy atom. The van der Waals surface area contributed by atoms with Gasteiger partial charge in [-0.3, -0.25) is 9.59 Å². The molecule has 1 atom stereocenters. The van der Waals surface area contributed by atoms with Crippen LogP contribution in [0, 0.1) is 0 Å². The summed E-state index contributed by atoms with van der Waals surface area (Å²) >= 11 is 0. The van der Waals surface area contributed by atoms with Crippen molar-refractivity contribution in [3.05, 3.63) is 59.7 Å². The second-order valence-electron chi connectivity index (χ2n) is 6.82. The molecule has 0 aromatic heterocycles. The summed E-state index contributed by atoms with van der Waals surface area (Å²) in [5, 5.41) is 5.75. The Morgan fingerprint density at radius 1 is 1.11 bits per heavy atom. The Morgan fingerprint density at radius 2 is 1.86 bits per heavy atom. The Kier molecular flexibility index (Phi) is 7.03. The van der Waals surface area contributed by atoms with E-state index in [1.165, 1.54) is 0 Å². The summed E-state index contributed by atoms with van der Waals surface area (Å²) in [4.78, 5) is 24.3. The van der Waals surface area contributed by atoms with Crippen molar-refractivity contribution in [1.82, 2.24) is 5.32 Å². The first kappa shape index (κ1) is 19.9. The van der Waals surface area contributed by atoms with Crippen LogP contribution in [0.1, 0.15) is 35.2 Å². The minimum Gasteiger partial charge on any atom is -0.497 e. The number of anilines is 1. The predicted molar refractivity (Wildman–Crippen MR) is 108 cm³/mol. The number of nitrogens with one attached hydrogen (secondary N) is 2. The summed E-state index contributed by atoms with van der Waals surface area (Å²) in [6.07, 6.45) is 3.19. The van der Waals surface area contributed by atoms with Crippen molar-refractivity contribution < 1.29 is 19.1 Å². The molecule has 0 aliphatic carbocycles. The molecule has 3 rings (SSSR count). The SMILES string of the molecule is COc1ccc(CCC(=O)Nc2ccc(C(=O)NC[C@@H]3CCCO3)cc2)cc1. The normalized spacial score (nSPS) is 15.8. The highest BCUT2D eigenvalue weighted by molar-refractivity contribution is 5.95. The van der Waals surface area contributed by atoms with Crippen molar-refractivity contribution >= 4 is 17.5 Å². The number of benzene rings is 2. The molecule has 6 heteroatoms. The molecule has 2 N–H and O–H groups in total. The van der Waals surface area contributed by atoms with E-state index in [2.05, 4.69) is 10.6 Å². The average Bonchev–Trinajstić information content (AvgIpc) is 3.25. The number of aryl methyl sites for hydroxylation is 1. The maximum Gasteiger partial charge on any atom is 0.251 e. The Labute approximate surface area is 165 Å². The van der Waals surface area contributed by atoms with Gasteiger partial charge in [0, 0.05) is 30.8 Å². The summed E-state index contributed by atoms with van der Waals surface area (Å²) in [6, 6.07) is 14.6. The standard InChI is InChI=1S/C22H26N2O4/c1-27-19-11-4-16(5-12-19)6-13-21(25)24-18-9-7-17(8-10-18)22(26)23-15-20-3-2-14-28-20/h4-5,7-12,20H,2-3,6,13-15H2,1H3,(H,23,26)(H,24,25)/t20-/m0/s1. The predicted octanol–water partition coefficient (Wildman–Crippen LogP) is 3.18. The topological polar surface area (TPSA) is 76.7 Å². The highest BCUT2D eigenvalue weighted by Crippen LogP contribution is 2.14. The van der Waals surface area contributed by atoms with E-state index in [4.69, 9.17) is 9.47 Å². The third kappa shape index (κ3) is 5.82. The van der Waals surface area contributed by atoms with Gasteiger partial charge in [-0.25, -0.2) is 0 Å². The summed E-state index contributed by atoms with van der Waals surface area (Å²) in [6.45, 7) is 1.30. The zero-order chi connectivity index (χ0) is 19.8. The van der Waals surface area contributed by atoms with Crippen LogP contribution >= 0.6 is 0 Å². The molecule has 2 aromatic carbocycles. The summed E-state index contributed by atoms with van der Waals surface area (Å²) in [5.74, 6) is 0.604. The zero-order valence-electron chi connectivity index (χ0n) is 16.1. The molecule has 1 saturated heterocycles. The number of hydrogen-bond acceptors (Lipinski definition) is 4. The van der Waals surface area contributed by atoms with E-state index in [0.717, 1.165) is 30.8 Å². The number of hydrogen-bond donors (Lipinski definition) is 2. The summed E-state index contributed by atoms with van der Waals surface area (Å²) in [7, 11) is 1.63. The van der Waals surface area contributed by atoms with Gasteiger partial charge in [-0.05, 0) is 61.2 Å². The van der Waals surface area contributed by atoms with Crippen molar-refractivity contribution in [2.75, 3.05) is 25.6 Å². The monoisotopic (exact) mass is 382 g/mol. The molecule has 1 heterocycles. The summed E-state index contributed by atoms with van der Waals surface area (Å²) < 4.78 is 10.6. The number of carbonyl (C=O) groups excluding carboxylic acids is 2. The molecule has 1 aliphatic rings. The van der Waals surface area contributed by atoms with Gasteiger partial charge in [-0.2, -0.15) is 0 Å². The van der Waals surface area contributed by atoms with Gasteiger partial charge in [0.1, 0.15) is 5.75 Å². The molecule has 0 unspecified atom stereocenters. The van der Waals surface area contributed by atoms with E-state index in [9.17, 15) is 9.59 Å². The smallest absolute Gasteiger partial charge is 0.251 e. The van der Waals surface area contributed by atoms with Crippen molar-refractivity contribution in [1.29, 1.82) is 0 Å². The lowest BCUT2D eigenvalue weighted by Crippen LogP contribution is -2.31. The second-order valence-corrected chi connectivity index (χ2v) is 6.82. The molecule has 2 amide bonds. The van der Waals surface area contributed by atoms with E-state index in [0.29, 0.717) is 30.6 Å². The number of amides is 2. The first-order valence-corrected chi connectivity index (χ1v) is 9.56. The first-order valence-electron chi connectivity index (χ1n) is 9.56. The Bertz CT molecular complexity index is 781. The van der Waals surface area contributed by atoms with E-state index in [1.54, 1.807) is 31.4 Å². The first-order chi connectivity index (χ1) is 13.6. The Hall–Kier alpha value is -2.86. The van der Waals surface area contributed by atoms with E-state index in [-0.39, 0.29) is 17.9 Å².